The van der Waals surface area contributed by atoms with E-state index < -0.39 is 41.4 Å². The Balaban J connectivity index is 1.66. The highest BCUT2D eigenvalue weighted by Gasteiger charge is 2.50. The lowest BCUT2D eigenvalue weighted by atomic mass is 9.93. The fourth-order valence-electron chi connectivity index (χ4n) is 3.72. The Bertz CT molecular complexity index is 920. The zero-order valence-corrected chi connectivity index (χ0v) is 20.3. The van der Waals surface area contributed by atoms with Crippen molar-refractivity contribution in [2.75, 3.05) is 20.3 Å². The zero-order chi connectivity index (χ0) is 25.0. The number of rotatable bonds is 13. The van der Waals surface area contributed by atoms with Crippen molar-refractivity contribution in [1.29, 1.82) is 0 Å². The summed E-state index contributed by atoms with van der Waals surface area (Å²) in [5.41, 5.74) is -0.827. The minimum absolute atomic E-state index is 0.0359. The summed E-state index contributed by atoms with van der Waals surface area (Å²) in [7, 11) is 1.40. The van der Waals surface area contributed by atoms with Gasteiger partial charge in [-0.3, -0.25) is 19.2 Å². The number of nitrogens with zero attached hydrogens (tertiary/aromatic N) is 1. The molecule has 1 aromatic heterocycles. The number of aryl methyl sites for hydroxylation is 1. The molecule has 11 nitrogen and oxygen atoms in total. The minimum atomic E-state index is -1.05. The van der Waals surface area contributed by atoms with Gasteiger partial charge in [-0.05, 0) is 44.9 Å². The Hall–Kier alpha value is -2.79. The number of amides is 3. The Labute approximate surface area is 198 Å². The molecule has 0 unspecified atom stereocenters. The summed E-state index contributed by atoms with van der Waals surface area (Å²) in [6.45, 7) is 7.53. The van der Waals surface area contributed by atoms with Crippen LogP contribution in [0.15, 0.2) is 10.6 Å². The third kappa shape index (κ3) is 6.63. The van der Waals surface area contributed by atoms with E-state index in [1.807, 2.05) is 13.8 Å². The maximum Gasteiger partial charge on any atom is 0.274 e. The highest BCUT2D eigenvalue weighted by molar-refractivity contribution is 5.99. The number of Topliss-reactive ketones (excluding diaryl/α,β-unsaturated/α-hetero) is 1. The molecule has 2 heterocycles. The van der Waals surface area contributed by atoms with Crippen molar-refractivity contribution in [1.82, 2.24) is 21.1 Å². The molecule has 4 atom stereocenters. The van der Waals surface area contributed by atoms with Gasteiger partial charge in [-0.25, -0.2) is 0 Å². The van der Waals surface area contributed by atoms with E-state index in [0.717, 1.165) is 12.8 Å². The van der Waals surface area contributed by atoms with E-state index in [1.54, 1.807) is 13.8 Å². The Morgan fingerprint density at radius 2 is 1.82 bits per heavy atom. The summed E-state index contributed by atoms with van der Waals surface area (Å²) in [5, 5.41) is 11.8. The lowest BCUT2D eigenvalue weighted by Gasteiger charge is -2.26. The average Bonchev–Trinajstić information content (AvgIpc) is 3.70. The van der Waals surface area contributed by atoms with Gasteiger partial charge in [0.05, 0.1) is 19.3 Å². The second-order valence-electron chi connectivity index (χ2n) is 9.70. The van der Waals surface area contributed by atoms with Crippen molar-refractivity contribution in [3.05, 3.63) is 17.5 Å². The number of aromatic nitrogens is 1. The summed E-state index contributed by atoms with van der Waals surface area (Å²) in [6, 6.07) is -1.13. The molecule has 3 N–H and O–H groups in total. The molecule has 34 heavy (non-hydrogen) atoms. The van der Waals surface area contributed by atoms with E-state index in [1.165, 1.54) is 13.2 Å². The number of ether oxygens (including phenoxy) is 2. The van der Waals surface area contributed by atoms with Crippen LogP contribution >= 0.6 is 0 Å². The molecule has 0 spiro atoms. The van der Waals surface area contributed by atoms with Crippen LogP contribution in [0.2, 0.25) is 0 Å². The van der Waals surface area contributed by atoms with E-state index in [4.69, 9.17) is 14.0 Å². The van der Waals surface area contributed by atoms with Crippen molar-refractivity contribution < 1.29 is 33.2 Å². The van der Waals surface area contributed by atoms with Crippen LogP contribution in [0.3, 0.4) is 0 Å². The monoisotopic (exact) mass is 478 g/mol. The van der Waals surface area contributed by atoms with Gasteiger partial charge >= 0.3 is 0 Å². The summed E-state index contributed by atoms with van der Waals surface area (Å²) in [6.07, 6.45) is 2.03. The van der Waals surface area contributed by atoms with Crippen LogP contribution in [0.1, 0.15) is 56.3 Å². The number of carbonyl (C=O) groups excluding carboxylic acids is 4. The van der Waals surface area contributed by atoms with E-state index in [-0.39, 0.29) is 29.9 Å². The smallest absolute Gasteiger partial charge is 0.274 e. The van der Waals surface area contributed by atoms with Gasteiger partial charge in [-0.1, -0.05) is 19.0 Å². The van der Waals surface area contributed by atoms with E-state index in [9.17, 15) is 19.2 Å². The van der Waals surface area contributed by atoms with Crippen LogP contribution in [0, 0.1) is 18.8 Å². The van der Waals surface area contributed by atoms with Crippen molar-refractivity contribution >= 4 is 23.5 Å². The van der Waals surface area contributed by atoms with Gasteiger partial charge in [0.1, 0.15) is 23.4 Å². The molecular formula is C23H34N4O7. The summed E-state index contributed by atoms with van der Waals surface area (Å²) in [5.74, 6) is -1.15. The first-order valence-electron chi connectivity index (χ1n) is 11.6. The minimum Gasteiger partial charge on any atom is -0.382 e. The molecule has 1 aromatic rings. The zero-order valence-electron chi connectivity index (χ0n) is 20.3. The Kier molecular flexibility index (Phi) is 8.09. The number of epoxide rings is 1. The van der Waals surface area contributed by atoms with Crippen molar-refractivity contribution in [3.63, 3.8) is 0 Å². The highest BCUT2D eigenvalue weighted by atomic mass is 16.6. The molecule has 2 fully saturated rings. The van der Waals surface area contributed by atoms with Gasteiger partial charge in [0.2, 0.25) is 11.8 Å². The van der Waals surface area contributed by atoms with Crippen LogP contribution in [-0.2, 0) is 23.9 Å². The molecule has 3 rings (SSSR count). The summed E-state index contributed by atoms with van der Waals surface area (Å²) >= 11 is 0. The predicted molar refractivity (Wildman–Crippen MR) is 120 cm³/mol. The molecule has 1 saturated carbocycles. The van der Waals surface area contributed by atoms with Crippen LogP contribution in [0.25, 0.3) is 0 Å². The molecule has 0 aromatic carbocycles. The maximum atomic E-state index is 13.2. The van der Waals surface area contributed by atoms with Crippen molar-refractivity contribution in [3.8, 4) is 0 Å². The maximum absolute atomic E-state index is 13.2. The Morgan fingerprint density at radius 1 is 1.15 bits per heavy atom. The number of ketones is 1. The van der Waals surface area contributed by atoms with Crippen molar-refractivity contribution in [2.45, 2.75) is 70.7 Å². The molecule has 0 bridgehead atoms. The van der Waals surface area contributed by atoms with Gasteiger partial charge in [0.15, 0.2) is 11.5 Å². The second-order valence-corrected chi connectivity index (χ2v) is 9.70. The normalized spacial score (nSPS) is 21.9. The summed E-state index contributed by atoms with van der Waals surface area (Å²) in [4.78, 5) is 51.5. The lowest BCUT2D eigenvalue weighted by Crippen LogP contribution is -2.58. The quantitative estimate of drug-likeness (QED) is 0.347. The molecular weight excluding hydrogens is 444 g/mol. The number of hydrogen-bond donors (Lipinski definition) is 3. The number of nitrogens with one attached hydrogen (secondary N) is 3. The summed E-state index contributed by atoms with van der Waals surface area (Å²) < 4.78 is 15.3. The van der Waals surface area contributed by atoms with Gasteiger partial charge in [0.25, 0.3) is 5.91 Å². The lowest BCUT2D eigenvalue weighted by molar-refractivity contribution is -0.134. The number of hydrogen-bond acceptors (Lipinski definition) is 8. The molecule has 1 aliphatic carbocycles. The SMILES string of the molecule is COC[C@H](NC(=O)c1cc(C)on1)C(=O)N[C@H](C(=O)N[C@@H](CC(C)C)C(=O)[C@@]1(C)CO1)C1CC1. The van der Waals surface area contributed by atoms with E-state index >= 15 is 0 Å². The first-order valence-corrected chi connectivity index (χ1v) is 11.6. The molecule has 1 aliphatic heterocycles. The predicted octanol–water partition coefficient (Wildman–Crippen LogP) is 0.512. The average molecular weight is 479 g/mol. The van der Waals surface area contributed by atoms with Gasteiger partial charge in [0, 0.05) is 13.2 Å². The van der Waals surface area contributed by atoms with Crippen LogP contribution in [0.4, 0.5) is 0 Å². The number of methoxy groups -OCH3 is 1. The third-order valence-corrected chi connectivity index (χ3v) is 5.93. The number of carbonyl (C=O) groups is 4. The molecule has 1 saturated heterocycles. The third-order valence-electron chi connectivity index (χ3n) is 5.93. The fraction of sp³-hybridized carbons (Fsp3) is 0.696. The second kappa shape index (κ2) is 10.6. The topological polar surface area (TPSA) is 152 Å². The molecule has 188 valence electrons. The van der Waals surface area contributed by atoms with Crippen LogP contribution in [-0.4, -0.2) is 72.7 Å². The Morgan fingerprint density at radius 3 is 2.32 bits per heavy atom. The van der Waals surface area contributed by atoms with Gasteiger partial charge in [-0.2, -0.15) is 0 Å². The van der Waals surface area contributed by atoms with Crippen molar-refractivity contribution in [2.24, 2.45) is 11.8 Å². The van der Waals surface area contributed by atoms with Gasteiger partial charge < -0.3 is 29.9 Å². The fourth-order valence-corrected chi connectivity index (χ4v) is 3.72. The molecule has 11 heteroatoms. The molecule has 0 radical (unpaired) electrons. The van der Waals surface area contributed by atoms with E-state index in [2.05, 4.69) is 21.1 Å². The first kappa shape index (κ1) is 25.8. The molecule has 2 aliphatic rings. The molecule has 3 amide bonds. The van der Waals surface area contributed by atoms with E-state index in [0.29, 0.717) is 18.8 Å². The van der Waals surface area contributed by atoms with Crippen LogP contribution < -0.4 is 16.0 Å². The largest absolute Gasteiger partial charge is 0.382 e. The standard InChI is InChI=1S/C23H34N4O7/c1-12(2)8-15(19(28)23(4)11-33-23)24-22(31)18(14-6-7-14)26-21(30)17(10-32-5)25-20(29)16-9-13(3)34-27-16/h9,12,14-15,17-18H,6-8,10-11H2,1-5H3,(H,24,31)(H,25,29)(H,26,30)/t15-,17-,18-,23+/m0/s1. The highest BCUT2D eigenvalue weighted by Crippen LogP contribution is 2.33. The first-order chi connectivity index (χ1) is 16.0. The van der Waals surface area contributed by atoms with Crippen LogP contribution in [0.5, 0.6) is 0 Å². The van der Waals surface area contributed by atoms with Gasteiger partial charge in [-0.15, -0.1) is 0 Å².